The molecule has 0 aromatic heterocycles. The number of ether oxygens (including phenoxy) is 1. The summed E-state index contributed by atoms with van der Waals surface area (Å²) >= 11 is 0. The summed E-state index contributed by atoms with van der Waals surface area (Å²) in [7, 11) is 0. The van der Waals surface area contributed by atoms with Crippen LogP contribution in [0.2, 0.25) is 0 Å². The fourth-order valence-corrected chi connectivity index (χ4v) is 5.52. The average Bonchev–Trinajstić information content (AvgIpc) is 3.72. The number of benzene rings is 3. The van der Waals surface area contributed by atoms with Gasteiger partial charge in [0.05, 0.1) is 12.7 Å². The Labute approximate surface area is 213 Å². The van der Waals surface area contributed by atoms with Gasteiger partial charge in [0, 0.05) is 16.7 Å². The van der Waals surface area contributed by atoms with E-state index in [1.54, 1.807) is 18.2 Å². The Bertz CT molecular complexity index is 1290. The maximum Gasteiger partial charge on any atom is 0.167 e. The summed E-state index contributed by atoms with van der Waals surface area (Å²) in [4.78, 5) is 0. The number of halogens is 5. The summed E-state index contributed by atoms with van der Waals surface area (Å²) in [5.74, 6) is -4.03. The highest BCUT2D eigenvalue weighted by Crippen LogP contribution is 2.40. The van der Waals surface area contributed by atoms with Gasteiger partial charge in [0.25, 0.3) is 0 Å². The SMILES string of the molecule is CC(O)c1ccc(C2CCC(CCc3ccc(-c4ccc(C5CO5)c(F)c4F)cc3F)CC2)c(F)c1F. The van der Waals surface area contributed by atoms with Crippen molar-refractivity contribution in [3.05, 3.63) is 93.8 Å². The van der Waals surface area contributed by atoms with Crippen LogP contribution in [0.15, 0.2) is 42.5 Å². The van der Waals surface area contributed by atoms with Gasteiger partial charge < -0.3 is 9.84 Å². The molecular formula is C30H29F5O2. The lowest BCUT2D eigenvalue weighted by Gasteiger charge is -2.29. The van der Waals surface area contributed by atoms with Gasteiger partial charge in [-0.25, -0.2) is 22.0 Å². The van der Waals surface area contributed by atoms with Crippen LogP contribution in [0.5, 0.6) is 0 Å². The number of rotatable bonds is 7. The highest BCUT2D eigenvalue weighted by Gasteiger charge is 2.30. The smallest absolute Gasteiger partial charge is 0.167 e. The van der Waals surface area contributed by atoms with E-state index in [1.807, 2.05) is 0 Å². The molecule has 2 atom stereocenters. The maximum absolute atomic E-state index is 14.9. The first-order valence-electron chi connectivity index (χ1n) is 12.8. The van der Waals surface area contributed by atoms with Crippen molar-refractivity contribution in [3.8, 4) is 11.1 Å². The lowest BCUT2D eigenvalue weighted by atomic mass is 9.76. The Hall–Kier alpha value is -2.77. The van der Waals surface area contributed by atoms with E-state index in [0.29, 0.717) is 42.9 Å². The molecule has 1 aliphatic carbocycles. The third-order valence-corrected chi connectivity index (χ3v) is 7.86. The second-order valence-electron chi connectivity index (χ2n) is 10.3. The second-order valence-corrected chi connectivity index (χ2v) is 10.3. The summed E-state index contributed by atoms with van der Waals surface area (Å²) < 4.78 is 77.8. The molecule has 1 heterocycles. The molecule has 2 aliphatic rings. The van der Waals surface area contributed by atoms with Gasteiger partial charge in [-0.05, 0) is 80.0 Å². The average molecular weight is 517 g/mol. The molecular weight excluding hydrogens is 487 g/mol. The monoisotopic (exact) mass is 516 g/mol. The van der Waals surface area contributed by atoms with Gasteiger partial charge in [0.15, 0.2) is 23.3 Å². The molecule has 1 saturated carbocycles. The maximum atomic E-state index is 14.9. The third kappa shape index (κ3) is 5.30. The fraction of sp³-hybridized carbons (Fsp3) is 0.400. The first-order valence-corrected chi connectivity index (χ1v) is 12.8. The molecule has 1 N–H and O–H groups in total. The van der Waals surface area contributed by atoms with E-state index >= 15 is 0 Å². The predicted octanol–water partition coefficient (Wildman–Crippen LogP) is 8.08. The highest BCUT2D eigenvalue weighted by atomic mass is 19.2. The van der Waals surface area contributed by atoms with Gasteiger partial charge in [-0.1, -0.05) is 36.4 Å². The van der Waals surface area contributed by atoms with E-state index in [0.717, 1.165) is 19.3 Å². The molecule has 2 fully saturated rings. The molecule has 37 heavy (non-hydrogen) atoms. The Balaban J connectivity index is 1.19. The minimum absolute atomic E-state index is 0.0100. The van der Waals surface area contributed by atoms with Gasteiger partial charge in [-0.15, -0.1) is 0 Å². The van der Waals surface area contributed by atoms with Crippen LogP contribution in [0.25, 0.3) is 11.1 Å². The van der Waals surface area contributed by atoms with Crippen LogP contribution >= 0.6 is 0 Å². The summed E-state index contributed by atoms with van der Waals surface area (Å²) in [5.41, 5.74) is 1.28. The number of hydrogen-bond donors (Lipinski definition) is 1. The Morgan fingerprint density at radius 2 is 1.51 bits per heavy atom. The minimum atomic E-state index is -1.07. The number of aliphatic hydroxyl groups is 1. The standard InChI is InChI=1S/C30H29F5O2/c1-16(36)21-10-11-22(28(33)27(21)32)18-5-2-17(3-6-18)4-7-19-8-9-20(14-25(19)31)23-12-13-24(26-15-37-26)30(35)29(23)34/h8-14,16-18,26,36H,2-7,15H2,1H3. The second kappa shape index (κ2) is 10.5. The van der Waals surface area contributed by atoms with Crippen LogP contribution in [0, 0.1) is 35.0 Å². The number of aliphatic hydroxyl groups excluding tert-OH is 1. The molecule has 0 bridgehead atoms. The van der Waals surface area contributed by atoms with Crippen molar-refractivity contribution < 1.29 is 31.8 Å². The normalized spacial score (nSPS) is 22.2. The van der Waals surface area contributed by atoms with E-state index in [1.165, 1.54) is 31.2 Å². The van der Waals surface area contributed by atoms with E-state index in [4.69, 9.17) is 4.74 Å². The largest absolute Gasteiger partial charge is 0.389 e. The van der Waals surface area contributed by atoms with Crippen molar-refractivity contribution in [3.63, 3.8) is 0 Å². The fourth-order valence-electron chi connectivity index (χ4n) is 5.52. The van der Waals surface area contributed by atoms with Crippen molar-refractivity contribution in [2.75, 3.05) is 6.61 Å². The van der Waals surface area contributed by atoms with Crippen LogP contribution < -0.4 is 0 Å². The van der Waals surface area contributed by atoms with E-state index < -0.39 is 41.3 Å². The first-order chi connectivity index (χ1) is 17.7. The molecule has 0 amide bonds. The van der Waals surface area contributed by atoms with E-state index in [9.17, 15) is 27.1 Å². The number of epoxide rings is 1. The van der Waals surface area contributed by atoms with Gasteiger partial charge in [-0.3, -0.25) is 0 Å². The lowest BCUT2D eigenvalue weighted by Crippen LogP contribution is -2.16. The molecule has 7 heteroatoms. The summed E-state index contributed by atoms with van der Waals surface area (Å²) in [6.45, 7) is 1.77. The molecule has 3 aromatic carbocycles. The molecule has 2 nitrogen and oxygen atoms in total. The number of aryl methyl sites for hydroxylation is 1. The Morgan fingerprint density at radius 1 is 0.838 bits per heavy atom. The third-order valence-electron chi connectivity index (χ3n) is 7.86. The molecule has 5 rings (SSSR count). The van der Waals surface area contributed by atoms with Gasteiger partial charge in [-0.2, -0.15) is 0 Å². The van der Waals surface area contributed by atoms with E-state index in [-0.39, 0.29) is 28.2 Å². The van der Waals surface area contributed by atoms with Crippen molar-refractivity contribution in [1.29, 1.82) is 0 Å². The van der Waals surface area contributed by atoms with Crippen LogP contribution in [0.4, 0.5) is 22.0 Å². The van der Waals surface area contributed by atoms with Crippen molar-refractivity contribution >= 4 is 0 Å². The molecule has 1 saturated heterocycles. The molecule has 2 unspecified atom stereocenters. The van der Waals surface area contributed by atoms with E-state index in [2.05, 4.69) is 0 Å². The quantitative estimate of drug-likeness (QED) is 0.254. The van der Waals surface area contributed by atoms with Crippen LogP contribution in [-0.2, 0) is 11.2 Å². The molecule has 196 valence electrons. The van der Waals surface area contributed by atoms with Crippen molar-refractivity contribution in [2.45, 2.75) is 63.6 Å². The Kier molecular flexibility index (Phi) is 7.37. The highest BCUT2D eigenvalue weighted by molar-refractivity contribution is 5.65. The molecule has 1 aliphatic heterocycles. The lowest BCUT2D eigenvalue weighted by molar-refractivity contribution is 0.192. The Morgan fingerprint density at radius 3 is 2.16 bits per heavy atom. The first kappa shape index (κ1) is 25.9. The van der Waals surface area contributed by atoms with Gasteiger partial charge in [0.1, 0.15) is 11.9 Å². The molecule has 0 radical (unpaired) electrons. The number of hydrogen-bond acceptors (Lipinski definition) is 2. The zero-order chi connectivity index (χ0) is 26.3. The van der Waals surface area contributed by atoms with Crippen LogP contribution in [0.1, 0.15) is 79.4 Å². The van der Waals surface area contributed by atoms with Crippen molar-refractivity contribution in [2.24, 2.45) is 5.92 Å². The summed E-state index contributed by atoms with van der Waals surface area (Å²) in [6, 6.07) is 10.4. The summed E-state index contributed by atoms with van der Waals surface area (Å²) in [6.07, 6.45) is 2.84. The minimum Gasteiger partial charge on any atom is -0.389 e. The van der Waals surface area contributed by atoms with Gasteiger partial charge in [0.2, 0.25) is 0 Å². The zero-order valence-corrected chi connectivity index (χ0v) is 20.5. The van der Waals surface area contributed by atoms with Crippen molar-refractivity contribution in [1.82, 2.24) is 0 Å². The summed E-state index contributed by atoms with van der Waals surface area (Å²) in [5, 5.41) is 9.59. The predicted molar refractivity (Wildman–Crippen MR) is 130 cm³/mol. The molecule has 3 aromatic rings. The molecule has 0 spiro atoms. The van der Waals surface area contributed by atoms with Gasteiger partial charge >= 0.3 is 0 Å². The zero-order valence-electron chi connectivity index (χ0n) is 20.5. The van der Waals surface area contributed by atoms with Crippen LogP contribution in [0.3, 0.4) is 0 Å². The van der Waals surface area contributed by atoms with Crippen LogP contribution in [-0.4, -0.2) is 11.7 Å². The topological polar surface area (TPSA) is 32.8 Å².